The number of hydrogen-bond acceptors (Lipinski definition) is 4. The first kappa shape index (κ1) is 20.2. The van der Waals surface area contributed by atoms with Crippen molar-refractivity contribution in [3.05, 3.63) is 100 Å². The van der Waals surface area contributed by atoms with E-state index >= 15 is 0 Å². The second-order valence-corrected chi connectivity index (χ2v) is 7.89. The summed E-state index contributed by atoms with van der Waals surface area (Å²) in [5, 5.41) is 5.02. The molecule has 0 radical (unpaired) electrons. The number of ether oxygens (including phenoxy) is 1. The molecule has 0 aromatic heterocycles. The lowest BCUT2D eigenvalue weighted by atomic mass is 10.0. The third-order valence-corrected chi connectivity index (χ3v) is 5.59. The minimum absolute atomic E-state index is 0.172. The summed E-state index contributed by atoms with van der Waals surface area (Å²) in [5.74, 6) is 0.788. The molecule has 0 spiro atoms. The van der Waals surface area contributed by atoms with E-state index in [0.29, 0.717) is 16.5 Å². The fourth-order valence-electron chi connectivity index (χ4n) is 3.50. The Morgan fingerprint density at radius 2 is 1.57 bits per heavy atom. The van der Waals surface area contributed by atoms with Gasteiger partial charge in [0.1, 0.15) is 5.75 Å². The first-order valence-corrected chi connectivity index (χ1v) is 10.2. The minimum Gasteiger partial charge on any atom is -0.497 e. The zero-order chi connectivity index (χ0) is 21.1. The van der Waals surface area contributed by atoms with Gasteiger partial charge in [0.25, 0.3) is 0 Å². The van der Waals surface area contributed by atoms with Crippen LogP contribution < -0.4 is 4.74 Å². The van der Waals surface area contributed by atoms with E-state index in [2.05, 4.69) is 5.16 Å². The number of nitrogens with zero attached hydrogens (tertiary/aromatic N) is 1. The van der Waals surface area contributed by atoms with Gasteiger partial charge in [-0.3, -0.25) is 0 Å². The molecule has 2 atom stereocenters. The lowest BCUT2D eigenvalue weighted by molar-refractivity contribution is 0.0515. The summed E-state index contributed by atoms with van der Waals surface area (Å²) in [5.41, 5.74) is 4.43. The SMILES string of the molecule is COc1ccc(/C(=N/OC(=O)c2ccc(C)cc2)[C@@H]2C[C@@H]2c2ccc(Cl)cc2)cc1. The molecule has 4 nitrogen and oxygen atoms in total. The molecule has 1 aliphatic rings. The Morgan fingerprint density at radius 1 is 0.933 bits per heavy atom. The van der Waals surface area contributed by atoms with Gasteiger partial charge < -0.3 is 9.57 Å². The third kappa shape index (κ3) is 4.55. The van der Waals surface area contributed by atoms with Gasteiger partial charge in [0.2, 0.25) is 0 Å². The summed E-state index contributed by atoms with van der Waals surface area (Å²) in [6.45, 7) is 1.97. The number of benzene rings is 3. The van der Waals surface area contributed by atoms with Gasteiger partial charge in [-0.1, -0.05) is 46.6 Å². The number of carbonyl (C=O) groups is 1. The monoisotopic (exact) mass is 419 g/mol. The molecule has 0 heterocycles. The van der Waals surface area contributed by atoms with Crippen LogP contribution in [0.1, 0.15) is 39.4 Å². The number of methoxy groups -OCH3 is 1. The van der Waals surface area contributed by atoms with Crippen LogP contribution in [0.25, 0.3) is 0 Å². The second-order valence-electron chi connectivity index (χ2n) is 7.45. The van der Waals surface area contributed by atoms with Crippen LogP contribution in [0, 0.1) is 12.8 Å². The normalized spacial score (nSPS) is 18.0. The molecule has 1 saturated carbocycles. The van der Waals surface area contributed by atoms with Crippen LogP contribution in [-0.4, -0.2) is 18.8 Å². The molecule has 3 aromatic carbocycles. The van der Waals surface area contributed by atoms with E-state index in [0.717, 1.165) is 29.0 Å². The van der Waals surface area contributed by atoms with Crippen LogP contribution >= 0.6 is 11.6 Å². The molecule has 4 rings (SSSR count). The van der Waals surface area contributed by atoms with E-state index in [1.54, 1.807) is 19.2 Å². The van der Waals surface area contributed by atoms with Gasteiger partial charge in [0, 0.05) is 10.9 Å². The number of rotatable bonds is 6. The Hall–Kier alpha value is -3.11. The topological polar surface area (TPSA) is 47.9 Å². The Bertz CT molecular complexity index is 1060. The van der Waals surface area contributed by atoms with Crippen molar-refractivity contribution in [2.75, 3.05) is 7.11 Å². The van der Waals surface area contributed by atoms with Crippen LogP contribution in [0.3, 0.4) is 0 Å². The van der Waals surface area contributed by atoms with E-state index in [4.69, 9.17) is 21.2 Å². The average molecular weight is 420 g/mol. The largest absolute Gasteiger partial charge is 0.497 e. The predicted molar refractivity (Wildman–Crippen MR) is 118 cm³/mol. The fourth-order valence-corrected chi connectivity index (χ4v) is 3.63. The number of aryl methyl sites for hydroxylation is 1. The molecule has 30 heavy (non-hydrogen) atoms. The van der Waals surface area contributed by atoms with Gasteiger partial charge in [-0.25, -0.2) is 4.79 Å². The first-order valence-electron chi connectivity index (χ1n) is 9.81. The quantitative estimate of drug-likeness (QED) is 0.279. The van der Waals surface area contributed by atoms with E-state index < -0.39 is 5.97 Å². The molecule has 0 aliphatic heterocycles. The molecule has 0 unspecified atom stereocenters. The van der Waals surface area contributed by atoms with Crippen molar-refractivity contribution in [3.8, 4) is 5.75 Å². The summed E-state index contributed by atoms with van der Waals surface area (Å²) >= 11 is 6.02. The van der Waals surface area contributed by atoms with Gasteiger partial charge >= 0.3 is 5.97 Å². The summed E-state index contributed by atoms with van der Waals surface area (Å²) in [6.07, 6.45) is 0.939. The van der Waals surface area contributed by atoms with Gasteiger partial charge in [0.15, 0.2) is 0 Å². The lowest BCUT2D eigenvalue weighted by Crippen LogP contribution is -2.09. The number of hydrogen-bond donors (Lipinski definition) is 0. The van der Waals surface area contributed by atoms with E-state index in [1.165, 1.54) is 5.56 Å². The highest BCUT2D eigenvalue weighted by molar-refractivity contribution is 6.30. The highest BCUT2D eigenvalue weighted by Gasteiger charge is 2.43. The number of carbonyl (C=O) groups excluding carboxylic acids is 1. The molecule has 5 heteroatoms. The van der Waals surface area contributed by atoms with Crippen molar-refractivity contribution in [2.45, 2.75) is 19.3 Å². The summed E-state index contributed by atoms with van der Waals surface area (Å²) in [7, 11) is 1.63. The smallest absolute Gasteiger partial charge is 0.365 e. The summed E-state index contributed by atoms with van der Waals surface area (Å²) in [6, 6.07) is 22.8. The molecular formula is C25H22ClNO3. The standard InChI is InChI=1S/C25H22ClNO3/c1-16-3-5-19(6-4-16)25(28)30-27-24(18-9-13-21(29-2)14-10-18)23-15-22(23)17-7-11-20(26)12-8-17/h3-14,22-23H,15H2,1-2H3/b27-24-/t22-,23-/m1/s1. The minimum atomic E-state index is -0.468. The van der Waals surface area contributed by atoms with Crippen molar-refractivity contribution < 1.29 is 14.4 Å². The summed E-state index contributed by atoms with van der Waals surface area (Å²) in [4.78, 5) is 17.8. The van der Waals surface area contributed by atoms with Crippen LogP contribution in [0.4, 0.5) is 0 Å². The molecule has 0 amide bonds. The van der Waals surface area contributed by atoms with Crippen molar-refractivity contribution in [3.63, 3.8) is 0 Å². The van der Waals surface area contributed by atoms with Crippen LogP contribution in [-0.2, 0) is 4.84 Å². The highest BCUT2D eigenvalue weighted by Crippen LogP contribution is 2.49. The van der Waals surface area contributed by atoms with Gasteiger partial charge in [-0.15, -0.1) is 0 Å². The third-order valence-electron chi connectivity index (χ3n) is 5.34. The molecular weight excluding hydrogens is 398 g/mol. The maximum atomic E-state index is 12.5. The molecule has 0 N–H and O–H groups in total. The van der Waals surface area contributed by atoms with Crippen LogP contribution in [0.2, 0.25) is 5.02 Å². The molecule has 0 bridgehead atoms. The molecule has 1 fully saturated rings. The number of oxime groups is 1. The lowest BCUT2D eigenvalue weighted by Gasteiger charge is -2.08. The Morgan fingerprint density at radius 3 is 2.20 bits per heavy atom. The van der Waals surface area contributed by atoms with Crippen molar-refractivity contribution in [1.29, 1.82) is 0 Å². The van der Waals surface area contributed by atoms with Gasteiger partial charge in [0.05, 0.1) is 18.4 Å². The number of halogens is 1. The Balaban J connectivity index is 1.58. The molecule has 152 valence electrons. The summed E-state index contributed by atoms with van der Waals surface area (Å²) < 4.78 is 5.25. The van der Waals surface area contributed by atoms with Crippen molar-refractivity contribution >= 4 is 23.3 Å². The Kier molecular flexibility index (Phi) is 5.86. The average Bonchev–Trinajstić information content (AvgIpc) is 3.56. The van der Waals surface area contributed by atoms with E-state index in [1.807, 2.05) is 67.6 Å². The maximum Gasteiger partial charge on any atom is 0.365 e. The zero-order valence-corrected chi connectivity index (χ0v) is 17.6. The van der Waals surface area contributed by atoms with Crippen molar-refractivity contribution in [1.82, 2.24) is 0 Å². The molecule has 3 aromatic rings. The van der Waals surface area contributed by atoms with Gasteiger partial charge in [-0.05, 0) is 78.9 Å². The van der Waals surface area contributed by atoms with E-state index in [-0.39, 0.29) is 5.92 Å². The molecule has 1 aliphatic carbocycles. The highest BCUT2D eigenvalue weighted by atomic mass is 35.5. The Labute approximate surface area is 181 Å². The van der Waals surface area contributed by atoms with Gasteiger partial charge in [-0.2, -0.15) is 0 Å². The maximum absolute atomic E-state index is 12.5. The zero-order valence-electron chi connectivity index (χ0n) is 16.8. The van der Waals surface area contributed by atoms with Crippen LogP contribution in [0.15, 0.2) is 78.0 Å². The fraction of sp³-hybridized carbons (Fsp3) is 0.200. The van der Waals surface area contributed by atoms with E-state index in [9.17, 15) is 4.79 Å². The second kappa shape index (κ2) is 8.72. The van der Waals surface area contributed by atoms with Crippen LogP contribution in [0.5, 0.6) is 5.75 Å². The predicted octanol–water partition coefficient (Wildman–Crippen LogP) is 6.02. The first-order chi connectivity index (χ1) is 14.5. The molecule has 0 saturated heterocycles. The van der Waals surface area contributed by atoms with Crippen molar-refractivity contribution in [2.24, 2.45) is 11.1 Å².